The number of methoxy groups -OCH3 is 1. The van der Waals surface area contributed by atoms with Crippen molar-refractivity contribution in [2.45, 2.75) is 13.1 Å². The molecular formula is C19H24N2O4S. The molecule has 1 aliphatic rings. The number of benzene rings is 1. The number of nitrogens with zero attached hydrogens (tertiary/aromatic N) is 1. The van der Waals surface area contributed by atoms with E-state index in [2.05, 4.69) is 22.1 Å². The van der Waals surface area contributed by atoms with E-state index in [0.29, 0.717) is 37.8 Å². The van der Waals surface area contributed by atoms with E-state index in [-0.39, 0.29) is 12.5 Å². The lowest BCUT2D eigenvalue weighted by molar-refractivity contribution is -0.137. The van der Waals surface area contributed by atoms with Gasteiger partial charge in [-0.3, -0.25) is 4.79 Å². The fraction of sp³-hybridized carbons (Fsp3) is 0.421. The van der Waals surface area contributed by atoms with Crippen molar-refractivity contribution in [3.8, 4) is 11.5 Å². The van der Waals surface area contributed by atoms with Crippen LogP contribution < -0.4 is 14.8 Å². The summed E-state index contributed by atoms with van der Waals surface area (Å²) in [4.78, 5) is 13.9. The fourth-order valence-electron chi connectivity index (χ4n) is 2.73. The number of amides is 1. The largest absolute Gasteiger partial charge is 0.493 e. The third-order valence-corrected chi connectivity index (χ3v) is 4.91. The lowest BCUT2D eigenvalue weighted by Gasteiger charge is -2.26. The predicted molar refractivity (Wildman–Crippen MR) is 101 cm³/mol. The van der Waals surface area contributed by atoms with E-state index >= 15 is 0 Å². The molecular weight excluding hydrogens is 352 g/mol. The topological polar surface area (TPSA) is 60.0 Å². The molecule has 26 heavy (non-hydrogen) atoms. The molecule has 1 fully saturated rings. The summed E-state index contributed by atoms with van der Waals surface area (Å²) in [6, 6.07) is 7.89. The van der Waals surface area contributed by atoms with Crippen LogP contribution in [0.4, 0.5) is 0 Å². The second kappa shape index (κ2) is 9.56. The first-order valence-electron chi connectivity index (χ1n) is 8.63. The normalized spacial score (nSPS) is 14.3. The van der Waals surface area contributed by atoms with E-state index in [1.54, 1.807) is 23.3 Å². The molecule has 140 valence electrons. The third kappa shape index (κ3) is 5.20. The van der Waals surface area contributed by atoms with Crippen molar-refractivity contribution in [3.05, 3.63) is 46.2 Å². The van der Waals surface area contributed by atoms with Crippen molar-refractivity contribution in [2.24, 2.45) is 0 Å². The molecule has 0 bridgehead atoms. The van der Waals surface area contributed by atoms with E-state index in [1.165, 1.54) is 5.56 Å². The van der Waals surface area contributed by atoms with Gasteiger partial charge in [0.15, 0.2) is 18.1 Å². The van der Waals surface area contributed by atoms with Gasteiger partial charge < -0.3 is 24.4 Å². The van der Waals surface area contributed by atoms with Gasteiger partial charge in [0, 0.05) is 26.2 Å². The van der Waals surface area contributed by atoms with E-state index < -0.39 is 0 Å². The molecule has 6 nitrogen and oxygen atoms in total. The molecule has 7 heteroatoms. The van der Waals surface area contributed by atoms with Crippen molar-refractivity contribution in [2.75, 3.05) is 40.0 Å². The average molecular weight is 376 g/mol. The Bertz CT molecular complexity index is 700. The Balaban J connectivity index is 1.51. The van der Waals surface area contributed by atoms with Crippen LogP contribution >= 0.6 is 11.3 Å². The number of hydrogen-bond acceptors (Lipinski definition) is 6. The summed E-state index contributed by atoms with van der Waals surface area (Å²) < 4.78 is 16.4. The van der Waals surface area contributed by atoms with Gasteiger partial charge in [0.05, 0.1) is 20.3 Å². The maximum atomic E-state index is 12.2. The van der Waals surface area contributed by atoms with E-state index in [4.69, 9.17) is 14.2 Å². The quantitative estimate of drug-likeness (QED) is 0.766. The molecule has 0 saturated carbocycles. The van der Waals surface area contributed by atoms with Crippen molar-refractivity contribution < 1.29 is 19.0 Å². The molecule has 0 unspecified atom stereocenters. The monoisotopic (exact) mass is 376 g/mol. The van der Waals surface area contributed by atoms with Gasteiger partial charge >= 0.3 is 0 Å². The number of hydrogen-bond donors (Lipinski definition) is 1. The first kappa shape index (κ1) is 18.7. The molecule has 2 heterocycles. The molecule has 2 aromatic rings. The number of carbonyl (C=O) groups is 1. The molecule has 0 radical (unpaired) electrons. The van der Waals surface area contributed by atoms with E-state index in [1.807, 2.05) is 18.2 Å². The highest BCUT2D eigenvalue weighted by molar-refractivity contribution is 7.07. The standard InChI is InChI=1S/C19H24N2O4S/c1-23-18-10-15(11-20-12-16-4-9-26-14-16)2-3-17(18)25-13-19(22)21-5-7-24-8-6-21/h2-4,9-10,14,20H,5-8,11-13H2,1H3. The van der Waals surface area contributed by atoms with Crippen LogP contribution in [-0.2, 0) is 22.6 Å². The van der Waals surface area contributed by atoms with Gasteiger partial charge in [0.2, 0.25) is 0 Å². The highest BCUT2D eigenvalue weighted by Crippen LogP contribution is 2.28. The molecule has 1 aliphatic heterocycles. The zero-order valence-corrected chi connectivity index (χ0v) is 15.7. The lowest BCUT2D eigenvalue weighted by Crippen LogP contribution is -2.43. The highest BCUT2D eigenvalue weighted by Gasteiger charge is 2.18. The minimum absolute atomic E-state index is 0.00606. The fourth-order valence-corrected chi connectivity index (χ4v) is 3.40. The van der Waals surface area contributed by atoms with Crippen molar-refractivity contribution in [1.82, 2.24) is 10.2 Å². The van der Waals surface area contributed by atoms with Crippen LogP contribution in [0.2, 0.25) is 0 Å². The van der Waals surface area contributed by atoms with Gasteiger partial charge in [-0.05, 0) is 40.1 Å². The SMILES string of the molecule is COc1cc(CNCc2ccsc2)ccc1OCC(=O)N1CCOCC1. The van der Waals surface area contributed by atoms with Crippen LogP contribution in [0.1, 0.15) is 11.1 Å². The summed E-state index contributed by atoms with van der Waals surface area (Å²) in [7, 11) is 1.61. The van der Waals surface area contributed by atoms with E-state index in [9.17, 15) is 4.79 Å². The van der Waals surface area contributed by atoms with Crippen LogP contribution in [-0.4, -0.2) is 50.8 Å². The zero-order chi connectivity index (χ0) is 18.2. The molecule has 1 saturated heterocycles. The number of nitrogens with one attached hydrogen (secondary N) is 1. The highest BCUT2D eigenvalue weighted by atomic mass is 32.1. The number of morpholine rings is 1. The van der Waals surface area contributed by atoms with Gasteiger partial charge in [-0.15, -0.1) is 0 Å². The summed E-state index contributed by atoms with van der Waals surface area (Å²) in [5, 5.41) is 7.61. The summed E-state index contributed by atoms with van der Waals surface area (Å²) in [6.07, 6.45) is 0. The number of carbonyl (C=O) groups excluding carboxylic acids is 1. The van der Waals surface area contributed by atoms with Crippen LogP contribution in [0.25, 0.3) is 0 Å². The van der Waals surface area contributed by atoms with Crippen molar-refractivity contribution in [1.29, 1.82) is 0 Å². The minimum atomic E-state index is -0.0307. The molecule has 1 aromatic heterocycles. The zero-order valence-electron chi connectivity index (χ0n) is 14.9. The summed E-state index contributed by atoms with van der Waals surface area (Å²) >= 11 is 1.70. The molecule has 1 N–H and O–H groups in total. The Morgan fingerprint density at radius 1 is 1.19 bits per heavy atom. The third-order valence-electron chi connectivity index (χ3n) is 4.18. The maximum absolute atomic E-state index is 12.2. The number of ether oxygens (including phenoxy) is 3. The first-order chi connectivity index (χ1) is 12.8. The van der Waals surface area contributed by atoms with Crippen LogP contribution in [0.5, 0.6) is 11.5 Å². The maximum Gasteiger partial charge on any atom is 0.260 e. The summed E-state index contributed by atoms with van der Waals surface area (Å²) in [5.74, 6) is 1.18. The summed E-state index contributed by atoms with van der Waals surface area (Å²) in [5.41, 5.74) is 2.38. The second-order valence-corrected chi connectivity index (χ2v) is 6.78. The number of rotatable bonds is 8. The first-order valence-corrected chi connectivity index (χ1v) is 9.57. The Kier molecular flexibility index (Phi) is 6.88. The van der Waals surface area contributed by atoms with Gasteiger partial charge in [-0.1, -0.05) is 6.07 Å². The minimum Gasteiger partial charge on any atom is -0.493 e. The van der Waals surface area contributed by atoms with E-state index in [0.717, 1.165) is 18.7 Å². The average Bonchev–Trinajstić information content (AvgIpc) is 3.20. The predicted octanol–water partition coefficient (Wildman–Crippen LogP) is 2.28. The van der Waals surface area contributed by atoms with Crippen molar-refractivity contribution in [3.63, 3.8) is 0 Å². The van der Waals surface area contributed by atoms with Crippen molar-refractivity contribution >= 4 is 17.2 Å². The van der Waals surface area contributed by atoms with Crippen LogP contribution in [0.15, 0.2) is 35.0 Å². The Hall–Kier alpha value is -2.09. The van der Waals surface area contributed by atoms with Gasteiger partial charge in [0.1, 0.15) is 0 Å². The molecule has 0 spiro atoms. The molecule has 1 amide bonds. The molecule has 1 aromatic carbocycles. The second-order valence-electron chi connectivity index (χ2n) is 6.00. The van der Waals surface area contributed by atoms with Crippen LogP contribution in [0, 0.1) is 0 Å². The molecule has 0 atom stereocenters. The van der Waals surface area contributed by atoms with Gasteiger partial charge in [-0.25, -0.2) is 0 Å². The molecule has 3 rings (SSSR count). The van der Waals surface area contributed by atoms with Crippen LogP contribution in [0.3, 0.4) is 0 Å². The lowest BCUT2D eigenvalue weighted by atomic mass is 10.2. The van der Waals surface area contributed by atoms with Gasteiger partial charge in [-0.2, -0.15) is 11.3 Å². The Labute approximate surface area is 157 Å². The molecule has 0 aliphatic carbocycles. The van der Waals surface area contributed by atoms with Gasteiger partial charge in [0.25, 0.3) is 5.91 Å². The Morgan fingerprint density at radius 2 is 2.00 bits per heavy atom. The summed E-state index contributed by atoms with van der Waals surface area (Å²) in [6.45, 7) is 3.98. The Morgan fingerprint density at radius 3 is 2.73 bits per heavy atom. The number of thiophene rings is 1. The smallest absolute Gasteiger partial charge is 0.260 e.